The molecule has 0 aliphatic heterocycles. The standard InChI is InChI=1S/C19H25F3O3/c1-3-4-5-6-7-12(2)19(23)25-15-10-14(11-15)24-18-16(21)8-13(20)9-17(18)22/h8-9,12,14-15H,3-7,10-11H2,1-2H3. The van der Waals surface area contributed by atoms with Crippen molar-refractivity contribution in [1.82, 2.24) is 0 Å². The predicted octanol–water partition coefficient (Wildman–Crippen LogP) is 5.16. The highest BCUT2D eigenvalue weighted by Crippen LogP contribution is 2.32. The van der Waals surface area contributed by atoms with Crippen molar-refractivity contribution < 1.29 is 27.4 Å². The summed E-state index contributed by atoms with van der Waals surface area (Å²) in [7, 11) is 0. The lowest BCUT2D eigenvalue weighted by Gasteiger charge is -2.35. The minimum atomic E-state index is -1.07. The topological polar surface area (TPSA) is 35.5 Å². The number of ether oxygens (including phenoxy) is 2. The van der Waals surface area contributed by atoms with Gasteiger partial charge in [-0.25, -0.2) is 13.2 Å². The highest BCUT2D eigenvalue weighted by atomic mass is 19.1. The quantitative estimate of drug-likeness (QED) is 0.452. The third-order valence-corrected chi connectivity index (χ3v) is 4.48. The molecule has 0 radical (unpaired) electrons. The first-order chi connectivity index (χ1) is 11.9. The number of rotatable bonds is 9. The van der Waals surface area contributed by atoms with Crippen molar-refractivity contribution in [1.29, 1.82) is 0 Å². The van der Waals surface area contributed by atoms with Gasteiger partial charge in [-0.2, -0.15) is 0 Å². The Morgan fingerprint density at radius 1 is 1.12 bits per heavy atom. The molecule has 1 unspecified atom stereocenters. The van der Waals surface area contributed by atoms with Crippen LogP contribution in [0, 0.1) is 23.4 Å². The molecule has 0 bridgehead atoms. The van der Waals surface area contributed by atoms with Crippen molar-refractivity contribution in [2.75, 3.05) is 0 Å². The van der Waals surface area contributed by atoms with Crippen LogP contribution >= 0.6 is 0 Å². The Hall–Kier alpha value is -1.72. The third kappa shape index (κ3) is 5.65. The van der Waals surface area contributed by atoms with Gasteiger partial charge >= 0.3 is 5.97 Å². The summed E-state index contributed by atoms with van der Waals surface area (Å²) in [4.78, 5) is 12.0. The Bertz CT molecular complexity index is 562. The Kier molecular flexibility index (Phi) is 7.14. The smallest absolute Gasteiger partial charge is 0.308 e. The molecule has 0 spiro atoms. The van der Waals surface area contributed by atoms with Gasteiger partial charge in [0.15, 0.2) is 17.4 Å². The molecule has 0 heterocycles. The molecule has 1 fully saturated rings. The number of esters is 1. The van der Waals surface area contributed by atoms with Crippen LogP contribution in [-0.4, -0.2) is 18.2 Å². The van der Waals surface area contributed by atoms with Gasteiger partial charge in [0, 0.05) is 25.0 Å². The van der Waals surface area contributed by atoms with Crippen LogP contribution in [0.1, 0.15) is 58.8 Å². The number of halogens is 3. The van der Waals surface area contributed by atoms with Crippen LogP contribution < -0.4 is 4.74 Å². The first kappa shape index (κ1) is 19.6. The fourth-order valence-electron chi connectivity index (χ4n) is 2.79. The highest BCUT2D eigenvalue weighted by molar-refractivity contribution is 5.72. The van der Waals surface area contributed by atoms with E-state index in [0.717, 1.165) is 25.7 Å². The average Bonchev–Trinajstić information content (AvgIpc) is 2.51. The van der Waals surface area contributed by atoms with E-state index in [1.54, 1.807) is 0 Å². The minimum absolute atomic E-state index is 0.149. The van der Waals surface area contributed by atoms with Gasteiger partial charge < -0.3 is 9.47 Å². The van der Waals surface area contributed by atoms with Crippen LogP contribution in [0.5, 0.6) is 5.75 Å². The van der Waals surface area contributed by atoms with Gasteiger partial charge in [0.05, 0.1) is 5.92 Å². The second kappa shape index (κ2) is 9.11. The van der Waals surface area contributed by atoms with Crippen LogP contribution in [0.4, 0.5) is 13.2 Å². The summed E-state index contributed by atoms with van der Waals surface area (Å²) >= 11 is 0. The van der Waals surface area contributed by atoms with Crippen LogP contribution in [0.2, 0.25) is 0 Å². The van der Waals surface area contributed by atoms with Gasteiger partial charge in [0.2, 0.25) is 0 Å². The largest absolute Gasteiger partial charge is 0.484 e. The molecule has 25 heavy (non-hydrogen) atoms. The molecule has 1 atom stereocenters. The van der Waals surface area contributed by atoms with E-state index in [4.69, 9.17) is 9.47 Å². The molecule has 1 saturated carbocycles. The van der Waals surface area contributed by atoms with E-state index >= 15 is 0 Å². The summed E-state index contributed by atoms with van der Waals surface area (Å²) in [5.41, 5.74) is 0. The monoisotopic (exact) mass is 358 g/mol. The molecule has 0 N–H and O–H groups in total. The average molecular weight is 358 g/mol. The van der Waals surface area contributed by atoms with Crippen molar-refractivity contribution in [3.05, 3.63) is 29.6 Å². The van der Waals surface area contributed by atoms with Gasteiger partial charge in [0.1, 0.15) is 18.0 Å². The first-order valence-corrected chi connectivity index (χ1v) is 8.92. The Morgan fingerprint density at radius 3 is 2.36 bits per heavy atom. The summed E-state index contributed by atoms with van der Waals surface area (Å²) in [6, 6.07) is 1.16. The van der Waals surface area contributed by atoms with Crippen molar-refractivity contribution >= 4 is 5.97 Å². The van der Waals surface area contributed by atoms with Crippen LogP contribution in [0.3, 0.4) is 0 Å². The van der Waals surface area contributed by atoms with E-state index in [1.165, 1.54) is 6.42 Å². The maximum atomic E-state index is 13.5. The van der Waals surface area contributed by atoms with E-state index in [-0.39, 0.29) is 18.0 Å². The molecule has 1 aromatic rings. The minimum Gasteiger partial charge on any atom is -0.484 e. The molecule has 140 valence electrons. The Balaban J connectivity index is 1.71. The van der Waals surface area contributed by atoms with Crippen molar-refractivity contribution in [2.45, 2.75) is 71.0 Å². The fraction of sp³-hybridized carbons (Fsp3) is 0.632. The molecular formula is C19H25F3O3. The second-order valence-corrected chi connectivity index (χ2v) is 6.72. The molecule has 6 heteroatoms. The molecule has 3 nitrogen and oxygen atoms in total. The highest BCUT2D eigenvalue weighted by Gasteiger charge is 2.36. The number of carbonyl (C=O) groups is 1. The van der Waals surface area contributed by atoms with Gasteiger partial charge in [-0.1, -0.05) is 39.5 Å². The van der Waals surface area contributed by atoms with Crippen LogP contribution in [0.15, 0.2) is 12.1 Å². The van der Waals surface area contributed by atoms with Gasteiger partial charge in [-0.05, 0) is 6.42 Å². The molecule has 1 aromatic carbocycles. The summed E-state index contributed by atoms with van der Waals surface area (Å²) in [6.07, 6.45) is 5.27. The zero-order valence-electron chi connectivity index (χ0n) is 14.7. The van der Waals surface area contributed by atoms with Crippen molar-refractivity contribution in [3.8, 4) is 5.75 Å². The number of unbranched alkanes of at least 4 members (excludes halogenated alkanes) is 3. The molecule has 0 amide bonds. The normalized spacial score (nSPS) is 20.7. The van der Waals surface area contributed by atoms with E-state index in [1.807, 2.05) is 6.92 Å². The first-order valence-electron chi connectivity index (χ1n) is 8.92. The molecule has 1 aliphatic rings. The van der Waals surface area contributed by atoms with Crippen molar-refractivity contribution in [3.63, 3.8) is 0 Å². The zero-order chi connectivity index (χ0) is 18.4. The van der Waals surface area contributed by atoms with Crippen LogP contribution in [-0.2, 0) is 9.53 Å². The SMILES string of the molecule is CCCCCCC(C)C(=O)OC1CC(Oc2c(F)cc(F)cc2F)C1. The molecule has 0 aromatic heterocycles. The van der Waals surface area contributed by atoms with E-state index in [9.17, 15) is 18.0 Å². The number of hydrogen-bond donors (Lipinski definition) is 0. The molecule has 0 saturated heterocycles. The molecular weight excluding hydrogens is 333 g/mol. The fourth-order valence-corrected chi connectivity index (χ4v) is 2.79. The Labute approximate surface area is 146 Å². The molecule has 1 aliphatic carbocycles. The van der Waals surface area contributed by atoms with E-state index in [0.29, 0.717) is 25.0 Å². The van der Waals surface area contributed by atoms with Crippen molar-refractivity contribution in [2.24, 2.45) is 5.92 Å². The summed E-state index contributed by atoms with van der Waals surface area (Å²) < 4.78 is 50.5. The van der Waals surface area contributed by atoms with Gasteiger partial charge in [-0.15, -0.1) is 0 Å². The van der Waals surface area contributed by atoms with E-state index < -0.39 is 29.3 Å². The summed E-state index contributed by atoms with van der Waals surface area (Å²) in [5, 5.41) is 0. The maximum absolute atomic E-state index is 13.5. The van der Waals surface area contributed by atoms with Crippen LogP contribution in [0.25, 0.3) is 0 Å². The van der Waals surface area contributed by atoms with Gasteiger partial charge in [0.25, 0.3) is 0 Å². The van der Waals surface area contributed by atoms with E-state index in [2.05, 4.69) is 6.92 Å². The lowest BCUT2D eigenvalue weighted by Crippen LogP contribution is -2.41. The lowest BCUT2D eigenvalue weighted by molar-refractivity contribution is -0.162. The number of carbonyl (C=O) groups excluding carboxylic acids is 1. The molecule has 2 rings (SSSR count). The maximum Gasteiger partial charge on any atom is 0.308 e. The predicted molar refractivity (Wildman–Crippen MR) is 87.8 cm³/mol. The third-order valence-electron chi connectivity index (χ3n) is 4.48. The lowest BCUT2D eigenvalue weighted by atomic mass is 9.91. The number of hydrogen-bond acceptors (Lipinski definition) is 3. The zero-order valence-corrected chi connectivity index (χ0v) is 14.7. The van der Waals surface area contributed by atoms with Gasteiger partial charge in [-0.3, -0.25) is 4.79 Å². The summed E-state index contributed by atoms with van der Waals surface area (Å²) in [5.74, 6) is -4.10. The number of benzene rings is 1. The second-order valence-electron chi connectivity index (χ2n) is 6.72. The Morgan fingerprint density at radius 2 is 1.76 bits per heavy atom. The summed E-state index contributed by atoms with van der Waals surface area (Å²) in [6.45, 7) is 3.99.